The van der Waals surface area contributed by atoms with Crippen LogP contribution < -0.4 is 9.64 Å². The van der Waals surface area contributed by atoms with Gasteiger partial charge < -0.3 is 14.5 Å². The van der Waals surface area contributed by atoms with Crippen LogP contribution >= 0.6 is 11.6 Å². The molecule has 1 saturated heterocycles. The first-order valence-electron chi connectivity index (χ1n) is 9.06. The normalized spacial score (nSPS) is 19.2. The number of carbonyl (C=O) groups is 2. The topological polar surface area (TPSA) is 49.9 Å². The number of amides is 2. The molecule has 27 heavy (non-hydrogen) atoms. The van der Waals surface area contributed by atoms with Gasteiger partial charge in [-0.05, 0) is 35.7 Å². The highest BCUT2D eigenvalue weighted by Crippen LogP contribution is 2.36. The van der Waals surface area contributed by atoms with E-state index in [0.29, 0.717) is 36.1 Å². The summed E-state index contributed by atoms with van der Waals surface area (Å²) in [5, 5.41) is 0.529. The Balaban J connectivity index is 1.51. The molecule has 0 aliphatic carbocycles. The fourth-order valence-corrected chi connectivity index (χ4v) is 4.09. The maximum atomic E-state index is 13.0. The van der Waals surface area contributed by atoms with Crippen molar-refractivity contribution >= 4 is 29.1 Å². The van der Waals surface area contributed by atoms with Crippen LogP contribution in [0.5, 0.6) is 5.75 Å². The maximum Gasteiger partial charge on any atom is 0.228 e. The summed E-state index contributed by atoms with van der Waals surface area (Å²) in [5.74, 6) is 0.201. The largest absolute Gasteiger partial charge is 0.495 e. The minimum atomic E-state index is -0.341. The lowest BCUT2D eigenvalue weighted by molar-refractivity contribution is -0.136. The van der Waals surface area contributed by atoms with E-state index in [-0.39, 0.29) is 24.2 Å². The average Bonchev–Trinajstić information content (AvgIpc) is 3.08. The molecule has 2 aromatic rings. The van der Waals surface area contributed by atoms with Crippen molar-refractivity contribution in [2.75, 3.05) is 25.1 Å². The molecular formula is C21H21ClN2O3. The Bertz CT molecular complexity index is 899. The third-order valence-corrected chi connectivity index (χ3v) is 5.58. The van der Waals surface area contributed by atoms with E-state index in [4.69, 9.17) is 16.3 Å². The van der Waals surface area contributed by atoms with Crippen LogP contribution in [0.3, 0.4) is 0 Å². The van der Waals surface area contributed by atoms with Crippen LogP contribution in [0, 0.1) is 5.92 Å². The molecule has 140 valence electrons. The number of rotatable bonds is 3. The molecule has 0 aromatic heterocycles. The summed E-state index contributed by atoms with van der Waals surface area (Å²) >= 11 is 6.10. The van der Waals surface area contributed by atoms with Gasteiger partial charge in [-0.2, -0.15) is 0 Å². The van der Waals surface area contributed by atoms with Crippen LogP contribution in [0.25, 0.3) is 0 Å². The molecule has 0 spiro atoms. The smallest absolute Gasteiger partial charge is 0.228 e. The van der Waals surface area contributed by atoms with Gasteiger partial charge in [0.1, 0.15) is 5.75 Å². The number of benzene rings is 2. The number of hydrogen-bond acceptors (Lipinski definition) is 3. The lowest BCUT2D eigenvalue weighted by Gasteiger charge is -2.30. The Morgan fingerprint density at radius 2 is 1.96 bits per heavy atom. The Hall–Kier alpha value is -2.53. The van der Waals surface area contributed by atoms with Crippen molar-refractivity contribution in [3.63, 3.8) is 0 Å². The number of hydrogen-bond donors (Lipinski definition) is 0. The van der Waals surface area contributed by atoms with Crippen molar-refractivity contribution < 1.29 is 14.3 Å². The second-order valence-corrected chi connectivity index (χ2v) is 7.44. The van der Waals surface area contributed by atoms with E-state index < -0.39 is 0 Å². The van der Waals surface area contributed by atoms with Gasteiger partial charge in [0.25, 0.3) is 0 Å². The van der Waals surface area contributed by atoms with E-state index in [0.717, 1.165) is 6.42 Å². The molecule has 1 unspecified atom stereocenters. The third kappa shape index (κ3) is 3.39. The molecule has 2 aliphatic rings. The second kappa shape index (κ2) is 7.24. The lowest BCUT2D eigenvalue weighted by atomic mass is 9.98. The fourth-order valence-electron chi connectivity index (χ4n) is 3.92. The van der Waals surface area contributed by atoms with Gasteiger partial charge in [-0.15, -0.1) is 0 Å². The molecule has 2 aliphatic heterocycles. The molecule has 0 saturated carbocycles. The summed E-state index contributed by atoms with van der Waals surface area (Å²) in [4.78, 5) is 29.1. The molecule has 2 amide bonds. The predicted molar refractivity (Wildman–Crippen MR) is 104 cm³/mol. The second-order valence-electron chi connectivity index (χ2n) is 7.00. The SMILES string of the molecule is COc1ccc(Cl)cc1N1CC(C(=O)N2CCc3ccccc3C2)CC1=O. The number of carbonyl (C=O) groups excluding carboxylic acids is 2. The third-order valence-electron chi connectivity index (χ3n) is 5.35. The first-order valence-corrected chi connectivity index (χ1v) is 9.44. The minimum Gasteiger partial charge on any atom is -0.495 e. The Labute approximate surface area is 163 Å². The van der Waals surface area contributed by atoms with Crippen LogP contribution in [0.1, 0.15) is 17.5 Å². The molecular weight excluding hydrogens is 364 g/mol. The van der Waals surface area contributed by atoms with Crippen LogP contribution in [0.4, 0.5) is 5.69 Å². The zero-order valence-corrected chi connectivity index (χ0v) is 15.9. The number of methoxy groups -OCH3 is 1. The number of nitrogens with zero attached hydrogens (tertiary/aromatic N) is 2. The minimum absolute atomic E-state index is 0.0429. The van der Waals surface area contributed by atoms with E-state index in [1.54, 1.807) is 30.2 Å². The van der Waals surface area contributed by atoms with E-state index in [1.807, 2.05) is 17.0 Å². The standard InChI is InChI=1S/C21H21ClN2O3/c1-27-19-7-6-17(22)11-18(19)24-13-16(10-20(24)25)21(26)23-9-8-14-4-2-3-5-15(14)12-23/h2-7,11,16H,8-10,12-13H2,1H3. The fraction of sp³-hybridized carbons (Fsp3) is 0.333. The molecule has 2 aromatic carbocycles. The highest BCUT2D eigenvalue weighted by Gasteiger charge is 2.38. The molecule has 0 bridgehead atoms. The van der Waals surface area contributed by atoms with Gasteiger partial charge in [0.15, 0.2) is 0 Å². The molecule has 5 nitrogen and oxygen atoms in total. The number of halogens is 1. The molecule has 2 heterocycles. The molecule has 0 radical (unpaired) electrons. The van der Waals surface area contributed by atoms with Crippen molar-refractivity contribution in [2.45, 2.75) is 19.4 Å². The first kappa shape index (κ1) is 17.9. The van der Waals surface area contributed by atoms with E-state index >= 15 is 0 Å². The average molecular weight is 385 g/mol. The van der Waals surface area contributed by atoms with Gasteiger partial charge >= 0.3 is 0 Å². The first-order chi connectivity index (χ1) is 13.1. The summed E-state index contributed by atoms with van der Waals surface area (Å²) in [6.45, 7) is 1.66. The highest BCUT2D eigenvalue weighted by atomic mass is 35.5. The van der Waals surface area contributed by atoms with Gasteiger partial charge in [0.05, 0.1) is 18.7 Å². The van der Waals surface area contributed by atoms with Crippen molar-refractivity contribution in [3.05, 3.63) is 58.6 Å². The summed E-state index contributed by atoms with van der Waals surface area (Å²) in [6, 6.07) is 13.4. The number of fused-ring (bicyclic) bond motifs is 1. The summed E-state index contributed by atoms with van der Waals surface area (Å²) in [7, 11) is 1.56. The predicted octanol–water partition coefficient (Wildman–Crippen LogP) is 3.29. The van der Waals surface area contributed by atoms with Crippen molar-refractivity contribution in [1.29, 1.82) is 0 Å². The molecule has 0 N–H and O–H groups in total. The van der Waals surface area contributed by atoms with Gasteiger partial charge in [-0.1, -0.05) is 35.9 Å². The van der Waals surface area contributed by atoms with E-state index in [9.17, 15) is 9.59 Å². The maximum absolute atomic E-state index is 13.0. The Morgan fingerprint density at radius 3 is 2.74 bits per heavy atom. The zero-order valence-electron chi connectivity index (χ0n) is 15.2. The van der Waals surface area contributed by atoms with Crippen LogP contribution in [-0.4, -0.2) is 36.9 Å². The van der Waals surface area contributed by atoms with Crippen LogP contribution in [0.15, 0.2) is 42.5 Å². The highest BCUT2D eigenvalue weighted by molar-refractivity contribution is 6.31. The summed E-state index contributed by atoms with van der Waals surface area (Å²) in [5.41, 5.74) is 3.11. The van der Waals surface area contributed by atoms with Gasteiger partial charge in [-0.25, -0.2) is 0 Å². The summed E-state index contributed by atoms with van der Waals surface area (Å²) < 4.78 is 5.36. The van der Waals surface area contributed by atoms with E-state index in [1.165, 1.54) is 11.1 Å². The van der Waals surface area contributed by atoms with Crippen molar-refractivity contribution in [2.24, 2.45) is 5.92 Å². The Kier molecular flexibility index (Phi) is 4.79. The number of anilines is 1. The van der Waals surface area contributed by atoms with Crippen molar-refractivity contribution in [3.8, 4) is 5.75 Å². The van der Waals surface area contributed by atoms with E-state index in [2.05, 4.69) is 12.1 Å². The monoisotopic (exact) mass is 384 g/mol. The zero-order chi connectivity index (χ0) is 19.0. The number of ether oxygens (including phenoxy) is 1. The van der Waals surface area contributed by atoms with Gasteiger partial charge in [-0.3, -0.25) is 9.59 Å². The van der Waals surface area contributed by atoms with Crippen LogP contribution in [-0.2, 0) is 22.6 Å². The lowest BCUT2D eigenvalue weighted by Crippen LogP contribution is -2.40. The quantitative estimate of drug-likeness (QED) is 0.816. The molecule has 1 fully saturated rings. The van der Waals surface area contributed by atoms with Gasteiger partial charge in [0.2, 0.25) is 11.8 Å². The van der Waals surface area contributed by atoms with Crippen LogP contribution in [0.2, 0.25) is 5.02 Å². The van der Waals surface area contributed by atoms with Crippen molar-refractivity contribution in [1.82, 2.24) is 4.90 Å². The molecule has 1 atom stereocenters. The van der Waals surface area contributed by atoms with Gasteiger partial charge in [0, 0.05) is 31.1 Å². The molecule has 6 heteroatoms. The summed E-state index contributed by atoms with van der Waals surface area (Å²) in [6.07, 6.45) is 1.07. The molecule has 4 rings (SSSR count). The Morgan fingerprint density at radius 1 is 1.19 bits per heavy atom.